The Balaban J connectivity index is 2.12. The van der Waals surface area contributed by atoms with E-state index in [1.165, 1.54) is 4.88 Å². The number of halogens is 2. The van der Waals surface area contributed by atoms with Crippen molar-refractivity contribution in [3.63, 3.8) is 0 Å². The summed E-state index contributed by atoms with van der Waals surface area (Å²) in [6.45, 7) is 4.03. The molecule has 0 aliphatic carbocycles. The summed E-state index contributed by atoms with van der Waals surface area (Å²) in [6, 6.07) is 6.13. The van der Waals surface area contributed by atoms with Crippen LogP contribution in [-0.2, 0) is 0 Å². The Morgan fingerprint density at radius 3 is 2.71 bits per heavy atom. The number of hydrogen-bond acceptors (Lipinski definition) is 3. The fourth-order valence-electron chi connectivity index (χ4n) is 1.52. The zero-order valence-electron chi connectivity index (χ0n) is 9.50. The fourth-order valence-corrected chi connectivity index (χ4v) is 2.69. The lowest BCUT2D eigenvalue weighted by molar-refractivity contribution is 0.905. The average molecular weight is 287 g/mol. The van der Waals surface area contributed by atoms with Gasteiger partial charge in [0.1, 0.15) is 5.15 Å². The Bertz CT molecular complexity index is 525. The number of rotatable bonds is 3. The van der Waals surface area contributed by atoms with Crippen LogP contribution in [0.1, 0.15) is 23.4 Å². The zero-order chi connectivity index (χ0) is 12.4. The Hall–Kier alpha value is -0.770. The van der Waals surface area contributed by atoms with Gasteiger partial charge in [-0.25, -0.2) is 4.98 Å². The second-order valence-corrected chi connectivity index (χ2v) is 5.94. The highest BCUT2D eigenvalue weighted by Gasteiger charge is 2.08. The summed E-state index contributed by atoms with van der Waals surface area (Å²) in [4.78, 5) is 5.31. The van der Waals surface area contributed by atoms with Gasteiger partial charge in [-0.1, -0.05) is 23.2 Å². The molecule has 0 bridgehead atoms. The van der Waals surface area contributed by atoms with Crippen molar-refractivity contribution in [1.29, 1.82) is 0 Å². The van der Waals surface area contributed by atoms with Crippen LogP contribution >= 0.6 is 34.5 Å². The molecule has 2 rings (SSSR count). The van der Waals surface area contributed by atoms with Gasteiger partial charge in [-0.15, -0.1) is 11.3 Å². The lowest BCUT2D eigenvalue weighted by Crippen LogP contribution is -2.05. The summed E-state index contributed by atoms with van der Waals surface area (Å²) in [6.07, 6.45) is 1.74. The van der Waals surface area contributed by atoms with Crippen LogP contribution in [0.15, 0.2) is 24.4 Å². The highest BCUT2D eigenvalue weighted by Crippen LogP contribution is 2.29. The Kier molecular flexibility index (Phi) is 3.92. The zero-order valence-corrected chi connectivity index (χ0v) is 11.8. The maximum Gasteiger partial charge on any atom is 0.132 e. The summed E-state index contributed by atoms with van der Waals surface area (Å²) >= 11 is 13.4. The van der Waals surface area contributed by atoms with Crippen molar-refractivity contribution < 1.29 is 0 Å². The molecule has 2 nitrogen and oxygen atoms in total. The van der Waals surface area contributed by atoms with Crippen LogP contribution in [0, 0.1) is 6.92 Å². The highest BCUT2D eigenvalue weighted by molar-refractivity contribution is 7.16. The van der Waals surface area contributed by atoms with E-state index in [1.54, 1.807) is 17.5 Å². The number of aromatic nitrogens is 1. The van der Waals surface area contributed by atoms with Crippen LogP contribution in [0.25, 0.3) is 0 Å². The summed E-state index contributed by atoms with van der Waals surface area (Å²) in [7, 11) is 0. The number of thiophene rings is 1. The van der Waals surface area contributed by atoms with E-state index in [1.807, 2.05) is 25.1 Å². The molecule has 1 atom stereocenters. The molecule has 1 N–H and O–H groups in total. The first kappa shape index (κ1) is 12.7. The van der Waals surface area contributed by atoms with Gasteiger partial charge >= 0.3 is 0 Å². The van der Waals surface area contributed by atoms with Gasteiger partial charge in [0.15, 0.2) is 0 Å². The second kappa shape index (κ2) is 5.25. The van der Waals surface area contributed by atoms with E-state index in [9.17, 15) is 0 Å². The standard InChI is InChI=1S/C12H12Cl2N2S/c1-7-5-9(6-15-12(7)14)16-8(2)10-3-4-11(13)17-10/h3-6,8,16H,1-2H3. The number of aryl methyl sites for hydroxylation is 1. The molecule has 17 heavy (non-hydrogen) atoms. The van der Waals surface area contributed by atoms with Crippen LogP contribution in [0.5, 0.6) is 0 Å². The second-order valence-electron chi connectivity index (χ2n) is 3.84. The van der Waals surface area contributed by atoms with E-state index < -0.39 is 0 Å². The molecule has 0 radical (unpaired) electrons. The number of anilines is 1. The van der Waals surface area contributed by atoms with Gasteiger partial charge in [0.05, 0.1) is 22.3 Å². The van der Waals surface area contributed by atoms with Gasteiger partial charge in [-0.05, 0) is 37.6 Å². The molecule has 5 heteroatoms. The summed E-state index contributed by atoms with van der Waals surface area (Å²) in [5.41, 5.74) is 1.93. The normalized spacial score (nSPS) is 12.5. The van der Waals surface area contributed by atoms with E-state index in [-0.39, 0.29) is 6.04 Å². The first-order valence-corrected chi connectivity index (χ1v) is 6.77. The highest BCUT2D eigenvalue weighted by atomic mass is 35.5. The fraction of sp³-hybridized carbons (Fsp3) is 0.250. The molecule has 0 amide bonds. The average Bonchev–Trinajstić information content (AvgIpc) is 2.70. The molecule has 0 spiro atoms. The van der Waals surface area contributed by atoms with Gasteiger partial charge in [0.2, 0.25) is 0 Å². The lowest BCUT2D eigenvalue weighted by atomic mass is 10.2. The van der Waals surface area contributed by atoms with E-state index in [0.717, 1.165) is 15.6 Å². The van der Waals surface area contributed by atoms with Crippen molar-refractivity contribution >= 4 is 40.2 Å². The predicted octanol–water partition coefficient (Wildman–Crippen LogP) is 4.93. The molecule has 0 saturated heterocycles. The lowest BCUT2D eigenvalue weighted by Gasteiger charge is -2.13. The predicted molar refractivity (Wildman–Crippen MR) is 75.4 cm³/mol. The SMILES string of the molecule is Cc1cc(NC(C)c2ccc(Cl)s2)cnc1Cl. The van der Waals surface area contributed by atoms with Crippen LogP contribution in [0.4, 0.5) is 5.69 Å². The Morgan fingerprint density at radius 1 is 1.35 bits per heavy atom. The van der Waals surface area contributed by atoms with E-state index in [4.69, 9.17) is 23.2 Å². The molecule has 2 heterocycles. The number of pyridine rings is 1. The molecule has 0 saturated carbocycles. The summed E-state index contributed by atoms with van der Waals surface area (Å²) < 4.78 is 0.805. The summed E-state index contributed by atoms with van der Waals surface area (Å²) in [5, 5.41) is 3.91. The van der Waals surface area contributed by atoms with Crippen molar-refractivity contribution in [2.24, 2.45) is 0 Å². The van der Waals surface area contributed by atoms with Crippen molar-refractivity contribution in [2.45, 2.75) is 19.9 Å². The molecular formula is C12H12Cl2N2S. The molecule has 2 aromatic heterocycles. The van der Waals surface area contributed by atoms with Crippen molar-refractivity contribution in [3.05, 3.63) is 44.3 Å². The van der Waals surface area contributed by atoms with Crippen molar-refractivity contribution in [3.8, 4) is 0 Å². The largest absolute Gasteiger partial charge is 0.376 e. The molecule has 0 fully saturated rings. The maximum atomic E-state index is 5.91. The van der Waals surface area contributed by atoms with Gasteiger partial charge in [0.25, 0.3) is 0 Å². The topological polar surface area (TPSA) is 24.9 Å². The third-order valence-corrected chi connectivity index (χ3v) is 4.23. The van der Waals surface area contributed by atoms with Crippen LogP contribution in [-0.4, -0.2) is 4.98 Å². The van der Waals surface area contributed by atoms with Crippen LogP contribution in [0.3, 0.4) is 0 Å². The van der Waals surface area contributed by atoms with E-state index >= 15 is 0 Å². The maximum absolute atomic E-state index is 5.91. The number of nitrogens with zero attached hydrogens (tertiary/aromatic N) is 1. The monoisotopic (exact) mass is 286 g/mol. The molecule has 0 aliphatic rings. The minimum absolute atomic E-state index is 0.204. The molecule has 90 valence electrons. The Labute approximate surface area is 115 Å². The van der Waals surface area contributed by atoms with Gasteiger partial charge in [0, 0.05) is 4.88 Å². The molecule has 0 aromatic carbocycles. The van der Waals surface area contributed by atoms with Gasteiger partial charge in [-0.2, -0.15) is 0 Å². The first-order chi connectivity index (χ1) is 8.06. The Morgan fingerprint density at radius 2 is 2.12 bits per heavy atom. The van der Waals surface area contributed by atoms with E-state index in [2.05, 4.69) is 17.2 Å². The molecular weight excluding hydrogens is 275 g/mol. The van der Waals surface area contributed by atoms with Gasteiger partial charge in [-0.3, -0.25) is 0 Å². The quantitative estimate of drug-likeness (QED) is 0.809. The number of hydrogen-bond donors (Lipinski definition) is 1. The van der Waals surface area contributed by atoms with Crippen molar-refractivity contribution in [2.75, 3.05) is 5.32 Å². The van der Waals surface area contributed by atoms with Crippen molar-refractivity contribution in [1.82, 2.24) is 4.98 Å². The smallest absolute Gasteiger partial charge is 0.132 e. The minimum atomic E-state index is 0.204. The molecule has 1 unspecified atom stereocenters. The molecule has 0 aliphatic heterocycles. The molecule has 2 aromatic rings. The summed E-state index contributed by atoms with van der Waals surface area (Å²) in [5.74, 6) is 0. The van der Waals surface area contributed by atoms with Crippen LogP contribution in [0.2, 0.25) is 9.49 Å². The van der Waals surface area contributed by atoms with Crippen LogP contribution < -0.4 is 5.32 Å². The van der Waals surface area contributed by atoms with E-state index in [0.29, 0.717) is 5.15 Å². The number of nitrogens with one attached hydrogen (secondary N) is 1. The third kappa shape index (κ3) is 3.12. The third-order valence-electron chi connectivity index (χ3n) is 2.42. The first-order valence-electron chi connectivity index (χ1n) is 5.20. The van der Waals surface area contributed by atoms with Gasteiger partial charge < -0.3 is 5.32 Å². The minimum Gasteiger partial charge on any atom is -0.376 e.